The third-order valence-electron chi connectivity index (χ3n) is 5.56. The number of nitrogens with one attached hydrogen (secondary N) is 1. The lowest BCUT2D eigenvalue weighted by atomic mass is 9.98. The first-order valence-electron chi connectivity index (χ1n) is 9.70. The van der Waals surface area contributed by atoms with Gasteiger partial charge in [-0.3, -0.25) is 9.69 Å². The highest BCUT2D eigenvalue weighted by molar-refractivity contribution is 7.10. The minimum Gasteiger partial charge on any atom is -0.372 e. The van der Waals surface area contributed by atoms with Crippen LogP contribution in [0, 0.1) is 0 Å². The first-order valence-corrected chi connectivity index (χ1v) is 10.6. The van der Waals surface area contributed by atoms with Crippen LogP contribution in [0.1, 0.15) is 42.7 Å². The van der Waals surface area contributed by atoms with Crippen LogP contribution in [0.25, 0.3) is 0 Å². The van der Waals surface area contributed by atoms with Crippen LogP contribution < -0.4 is 10.2 Å². The van der Waals surface area contributed by atoms with Crippen LogP contribution in [0.2, 0.25) is 0 Å². The first kappa shape index (κ1) is 17.6. The molecule has 138 valence electrons. The Labute approximate surface area is 159 Å². The Morgan fingerprint density at radius 3 is 2.65 bits per heavy atom. The van der Waals surface area contributed by atoms with Gasteiger partial charge in [0.1, 0.15) is 0 Å². The van der Waals surface area contributed by atoms with Gasteiger partial charge in [0, 0.05) is 41.9 Å². The molecule has 1 aromatic heterocycles. The van der Waals surface area contributed by atoms with E-state index in [4.69, 9.17) is 0 Å². The Balaban J connectivity index is 1.36. The summed E-state index contributed by atoms with van der Waals surface area (Å²) in [5, 5.41) is 5.25. The maximum atomic E-state index is 12.6. The summed E-state index contributed by atoms with van der Waals surface area (Å²) in [6.07, 6.45) is 4.65. The summed E-state index contributed by atoms with van der Waals surface area (Å²) < 4.78 is 0. The molecule has 26 heavy (non-hydrogen) atoms. The van der Waals surface area contributed by atoms with Crippen molar-refractivity contribution in [3.63, 3.8) is 0 Å². The molecule has 1 fully saturated rings. The highest BCUT2D eigenvalue weighted by Gasteiger charge is 2.28. The van der Waals surface area contributed by atoms with Crippen LogP contribution in [0.4, 0.5) is 11.4 Å². The molecule has 0 aliphatic carbocycles. The minimum absolute atomic E-state index is 0.0797. The van der Waals surface area contributed by atoms with Gasteiger partial charge in [0.2, 0.25) is 5.91 Å². The summed E-state index contributed by atoms with van der Waals surface area (Å²) in [6, 6.07) is 10.9. The van der Waals surface area contributed by atoms with Crippen LogP contribution in [0.3, 0.4) is 0 Å². The molecule has 0 spiro atoms. The fourth-order valence-electron chi connectivity index (χ4n) is 4.23. The van der Waals surface area contributed by atoms with E-state index in [1.807, 2.05) is 23.5 Å². The van der Waals surface area contributed by atoms with Crippen molar-refractivity contribution in [2.24, 2.45) is 0 Å². The summed E-state index contributed by atoms with van der Waals surface area (Å²) in [5.41, 5.74) is 3.57. The maximum absolute atomic E-state index is 12.6. The summed E-state index contributed by atoms with van der Waals surface area (Å²) in [4.78, 5) is 18.8. The lowest BCUT2D eigenvalue weighted by Crippen LogP contribution is -2.40. The Hall–Kier alpha value is -1.85. The standard InChI is InChI=1S/C21H27N3OS/c1-2-19-18-10-14-26-20(18)9-13-24(19)15-21(25)22-16-5-7-17(8-6-16)23-11-3-4-12-23/h5-8,10,14,19H,2-4,9,11-13,15H2,1H3,(H,22,25). The molecule has 0 saturated carbocycles. The molecule has 0 bridgehead atoms. The highest BCUT2D eigenvalue weighted by atomic mass is 32.1. The third kappa shape index (κ3) is 3.64. The summed E-state index contributed by atoms with van der Waals surface area (Å²) in [7, 11) is 0. The van der Waals surface area contributed by atoms with Gasteiger partial charge in [0.05, 0.1) is 6.54 Å². The second-order valence-electron chi connectivity index (χ2n) is 7.23. The van der Waals surface area contributed by atoms with E-state index in [1.54, 1.807) is 0 Å². The van der Waals surface area contributed by atoms with E-state index in [9.17, 15) is 4.79 Å². The van der Waals surface area contributed by atoms with E-state index >= 15 is 0 Å². The number of anilines is 2. The summed E-state index contributed by atoms with van der Waals surface area (Å²) in [5.74, 6) is 0.0797. The summed E-state index contributed by atoms with van der Waals surface area (Å²) >= 11 is 1.85. The SMILES string of the molecule is CCC1c2ccsc2CCN1CC(=O)Nc1ccc(N2CCCC2)cc1. The molecule has 1 saturated heterocycles. The Morgan fingerprint density at radius 1 is 1.15 bits per heavy atom. The van der Waals surface area contributed by atoms with Gasteiger partial charge in [0.25, 0.3) is 0 Å². The van der Waals surface area contributed by atoms with Crippen molar-refractivity contribution in [3.8, 4) is 0 Å². The number of hydrogen-bond acceptors (Lipinski definition) is 4. The molecule has 3 heterocycles. The van der Waals surface area contributed by atoms with E-state index in [1.165, 1.54) is 29.0 Å². The highest BCUT2D eigenvalue weighted by Crippen LogP contribution is 2.35. The van der Waals surface area contributed by atoms with Gasteiger partial charge in [-0.25, -0.2) is 0 Å². The average molecular weight is 370 g/mol. The molecule has 5 heteroatoms. The number of thiophene rings is 1. The van der Waals surface area contributed by atoms with Crippen molar-refractivity contribution < 1.29 is 4.79 Å². The number of nitrogens with zero attached hydrogens (tertiary/aromatic N) is 2. The fraction of sp³-hybridized carbons (Fsp3) is 0.476. The summed E-state index contributed by atoms with van der Waals surface area (Å²) in [6.45, 7) is 5.92. The zero-order valence-electron chi connectivity index (χ0n) is 15.4. The number of benzene rings is 1. The predicted molar refractivity (Wildman–Crippen MR) is 109 cm³/mol. The number of carbonyl (C=O) groups excluding carboxylic acids is 1. The molecule has 1 amide bonds. The molecule has 0 radical (unpaired) electrons. The molecule has 1 atom stereocenters. The molecular formula is C21H27N3OS. The zero-order chi connectivity index (χ0) is 17.9. The van der Waals surface area contributed by atoms with Gasteiger partial charge in [-0.15, -0.1) is 11.3 Å². The van der Waals surface area contributed by atoms with Crippen LogP contribution in [-0.2, 0) is 11.2 Å². The fourth-order valence-corrected chi connectivity index (χ4v) is 5.16. The van der Waals surface area contributed by atoms with Crippen molar-refractivity contribution in [1.82, 2.24) is 4.90 Å². The number of fused-ring (bicyclic) bond motifs is 1. The second-order valence-corrected chi connectivity index (χ2v) is 8.23. The van der Waals surface area contributed by atoms with E-state index in [0.29, 0.717) is 12.6 Å². The largest absolute Gasteiger partial charge is 0.372 e. The van der Waals surface area contributed by atoms with Gasteiger partial charge in [0.15, 0.2) is 0 Å². The van der Waals surface area contributed by atoms with Gasteiger partial charge < -0.3 is 10.2 Å². The molecular weight excluding hydrogens is 342 g/mol. The molecule has 4 rings (SSSR count). The third-order valence-corrected chi connectivity index (χ3v) is 6.56. The van der Waals surface area contributed by atoms with E-state index in [-0.39, 0.29) is 5.91 Å². The molecule has 4 nitrogen and oxygen atoms in total. The predicted octanol–water partition coefficient (Wildman–Crippen LogP) is 4.30. The van der Waals surface area contributed by atoms with E-state index < -0.39 is 0 Å². The van der Waals surface area contributed by atoms with Crippen LogP contribution in [0.15, 0.2) is 35.7 Å². The average Bonchev–Trinajstić information content (AvgIpc) is 3.34. The van der Waals surface area contributed by atoms with Crippen LogP contribution >= 0.6 is 11.3 Å². The second kappa shape index (κ2) is 7.80. The lowest BCUT2D eigenvalue weighted by molar-refractivity contribution is -0.118. The molecule has 2 aromatic rings. The topological polar surface area (TPSA) is 35.6 Å². The van der Waals surface area contributed by atoms with E-state index in [2.05, 4.69) is 45.6 Å². The number of amides is 1. The quantitative estimate of drug-likeness (QED) is 0.854. The van der Waals surface area contributed by atoms with Gasteiger partial charge in [-0.1, -0.05) is 6.92 Å². The van der Waals surface area contributed by atoms with Gasteiger partial charge in [-0.05, 0) is 67.0 Å². The first-order chi connectivity index (χ1) is 12.7. The Bertz CT molecular complexity index is 749. The molecule has 1 N–H and O–H groups in total. The monoisotopic (exact) mass is 369 g/mol. The maximum Gasteiger partial charge on any atom is 0.238 e. The Kier molecular flexibility index (Phi) is 5.27. The van der Waals surface area contributed by atoms with Gasteiger partial charge in [-0.2, -0.15) is 0 Å². The van der Waals surface area contributed by atoms with Crippen molar-refractivity contribution in [2.75, 3.05) is 36.4 Å². The Morgan fingerprint density at radius 2 is 1.92 bits per heavy atom. The van der Waals surface area contributed by atoms with Crippen molar-refractivity contribution in [2.45, 2.75) is 38.6 Å². The van der Waals surface area contributed by atoms with Crippen molar-refractivity contribution in [3.05, 3.63) is 46.2 Å². The number of hydrogen-bond donors (Lipinski definition) is 1. The normalized spacial score (nSPS) is 20.2. The van der Waals surface area contributed by atoms with Crippen molar-refractivity contribution >= 4 is 28.6 Å². The zero-order valence-corrected chi connectivity index (χ0v) is 16.2. The van der Waals surface area contributed by atoms with Crippen LogP contribution in [0.5, 0.6) is 0 Å². The smallest absolute Gasteiger partial charge is 0.238 e. The van der Waals surface area contributed by atoms with Crippen LogP contribution in [-0.4, -0.2) is 37.0 Å². The lowest BCUT2D eigenvalue weighted by Gasteiger charge is -2.34. The molecule has 2 aliphatic rings. The molecule has 1 unspecified atom stereocenters. The molecule has 2 aliphatic heterocycles. The molecule has 1 aromatic carbocycles. The number of rotatable bonds is 5. The number of carbonyl (C=O) groups is 1. The van der Waals surface area contributed by atoms with Crippen molar-refractivity contribution in [1.29, 1.82) is 0 Å². The minimum atomic E-state index is 0.0797. The van der Waals surface area contributed by atoms with Gasteiger partial charge >= 0.3 is 0 Å². The van der Waals surface area contributed by atoms with E-state index in [0.717, 1.165) is 38.2 Å².